The number of alkyl halides is 2. The second-order valence-electron chi connectivity index (χ2n) is 4.09. The van der Waals surface area contributed by atoms with E-state index in [1.807, 2.05) is 0 Å². The number of nitrogens with one attached hydrogen (secondary N) is 1. The molecule has 0 spiro atoms. The molecule has 0 radical (unpaired) electrons. The highest BCUT2D eigenvalue weighted by Gasteiger charge is 2.11. The maximum absolute atomic E-state index is 12.3. The summed E-state index contributed by atoms with van der Waals surface area (Å²) in [6.07, 6.45) is 1.46. The third-order valence-electron chi connectivity index (χ3n) is 2.59. The summed E-state index contributed by atoms with van der Waals surface area (Å²) in [4.78, 5) is 23.3. The van der Waals surface area contributed by atoms with Crippen molar-refractivity contribution >= 4 is 11.6 Å². The minimum atomic E-state index is -2.99. The lowest BCUT2D eigenvalue weighted by atomic mass is 10.3. The van der Waals surface area contributed by atoms with Gasteiger partial charge in [0.25, 0.3) is 5.56 Å². The lowest BCUT2D eigenvalue weighted by molar-refractivity contribution is -0.116. The van der Waals surface area contributed by atoms with E-state index >= 15 is 0 Å². The number of pyridine rings is 1. The summed E-state index contributed by atoms with van der Waals surface area (Å²) in [6, 6.07) is 10.3. The molecule has 0 atom stereocenters. The van der Waals surface area contributed by atoms with Gasteiger partial charge < -0.3 is 14.6 Å². The van der Waals surface area contributed by atoms with Crippen molar-refractivity contribution in [3.8, 4) is 5.75 Å². The SMILES string of the molecule is O=C(Cn1ccccc1=O)Nc1ccccc1OC(F)F. The van der Waals surface area contributed by atoms with Gasteiger partial charge in [-0.2, -0.15) is 8.78 Å². The molecule has 2 aromatic rings. The minimum Gasteiger partial charge on any atom is -0.433 e. The number of halogens is 2. The Bertz CT molecular complexity index is 686. The van der Waals surface area contributed by atoms with Gasteiger partial charge in [-0.25, -0.2) is 0 Å². The quantitative estimate of drug-likeness (QED) is 0.918. The molecule has 21 heavy (non-hydrogen) atoms. The second-order valence-corrected chi connectivity index (χ2v) is 4.09. The number of hydrogen-bond donors (Lipinski definition) is 1. The first-order valence-corrected chi connectivity index (χ1v) is 6.05. The van der Waals surface area contributed by atoms with E-state index < -0.39 is 12.5 Å². The summed E-state index contributed by atoms with van der Waals surface area (Å²) in [5.41, 5.74) is -0.212. The average molecular weight is 294 g/mol. The van der Waals surface area contributed by atoms with Crippen LogP contribution in [0.3, 0.4) is 0 Å². The smallest absolute Gasteiger partial charge is 0.387 e. The molecule has 1 heterocycles. The molecule has 0 saturated carbocycles. The van der Waals surface area contributed by atoms with E-state index in [-0.39, 0.29) is 23.5 Å². The summed E-state index contributed by atoms with van der Waals surface area (Å²) in [5.74, 6) is -0.658. The number of aromatic nitrogens is 1. The molecular weight excluding hydrogens is 282 g/mol. The predicted molar refractivity (Wildman–Crippen MR) is 72.4 cm³/mol. The molecule has 0 aliphatic rings. The van der Waals surface area contributed by atoms with Gasteiger partial charge in [0.15, 0.2) is 0 Å². The molecule has 0 fully saturated rings. The van der Waals surface area contributed by atoms with Crippen molar-refractivity contribution in [3.63, 3.8) is 0 Å². The van der Waals surface area contributed by atoms with Gasteiger partial charge in [0, 0.05) is 12.3 Å². The number of ether oxygens (including phenoxy) is 1. The standard InChI is InChI=1S/C14H12F2N2O3/c15-14(16)21-11-6-2-1-5-10(11)17-12(19)9-18-8-4-3-7-13(18)20/h1-8,14H,9H2,(H,17,19). The molecule has 1 amide bonds. The number of anilines is 1. The van der Waals surface area contributed by atoms with Crippen LogP contribution in [0, 0.1) is 0 Å². The maximum atomic E-state index is 12.3. The van der Waals surface area contributed by atoms with Crippen LogP contribution in [0.25, 0.3) is 0 Å². The fourth-order valence-electron chi connectivity index (χ4n) is 1.70. The van der Waals surface area contributed by atoms with E-state index in [2.05, 4.69) is 10.1 Å². The number of rotatable bonds is 5. The minimum absolute atomic E-state index is 0.117. The van der Waals surface area contributed by atoms with Crippen molar-refractivity contribution < 1.29 is 18.3 Å². The van der Waals surface area contributed by atoms with Crippen LogP contribution in [0.4, 0.5) is 14.5 Å². The van der Waals surface area contributed by atoms with Crippen LogP contribution in [0.5, 0.6) is 5.75 Å². The molecule has 0 unspecified atom stereocenters. The van der Waals surface area contributed by atoms with Crippen LogP contribution >= 0.6 is 0 Å². The van der Waals surface area contributed by atoms with Crippen LogP contribution < -0.4 is 15.6 Å². The fraction of sp³-hybridized carbons (Fsp3) is 0.143. The summed E-state index contributed by atoms with van der Waals surface area (Å²) < 4.78 is 30.0. The topological polar surface area (TPSA) is 60.3 Å². The Morgan fingerprint density at radius 3 is 2.62 bits per heavy atom. The first kappa shape index (κ1) is 14.7. The number of hydrogen-bond acceptors (Lipinski definition) is 3. The van der Waals surface area contributed by atoms with Gasteiger partial charge in [-0.3, -0.25) is 9.59 Å². The molecule has 0 aliphatic heterocycles. The third kappa shape index (κ3) is 4.13. The Balaban J connectivity index is 2.10. The van der Waals surface area contributed by atoms with Crippen molar-refractivity contribution in [1.29, 1.82) is 0 Å². The van der Waals surface area contributed by atoms with E-state index in [1.54, 1.807) is 18.2 Å². The molecule has 1 aromatic carbocycles. The molecule has 5 nitrogen and oxygen atoms in total. The average Bonchev–Trinajstić information content (AvgIpc) is 2.43. The third-order valence-corrected chi connectivity index (χ3v) is 2.59. The largest absolute Gasteiger partial charge is 0.433 e. The number of carbonyl (C=O) groups is 1. The van der Waals surface area contributed by atoms with E-state index in [0.29, 0.717) is 0 Å². The Labute approximate surface area is 118 Å². The second kappa shape index (κ2) is 6.65. The summed E-state index contributed by atoms with van der Waals surface area (Å²) in [5, 5.41) is 2.43. The zero-order valence-electron chi connectivity index (χ0n) is 10.8. The summed E-state index contributed by atoms with van der Waals surface area (Å²) in [7, 11) is 0. The van der Waals surface area contributed by atoms with E-state index in [9.17, 15) is 18.4 Å². The van der Waals surface area contributed by atoms with Gasteiger partial charge in [0.2, 0.25) is 5.91 Å². The Hall–Kier alpha value is -2.70. The number of para-hydroxylation sites is 2. The normalized spacial score (nSPS) is 10.4. The molecule has 0 bridgehead atoms. The van der Waals surface area contributed by atoms with Gasteiger partial charge in [-0.05, 0) is 18.2 Å². The zero-order chi connectivity index (χ0) is 15.2. The van der Waals surface area contributed by atoms with Gasteiger partial charge >= 0.3 is 6.61 Å². The molecule has 1 aromatic heterocycles. The number of benzene rings is 1. The van der Waals surface area contributed by atoms with Gasteiger partial charge in [-0.1, -0.05) is 18.2 Å². The zero-order valence-corrected chi connectivity index (χ0v) is 10.8. The lowest BCUT2D eigenvalue weighted by Crippen LogP contribution is -2.26. The summed E-state index contributed by atoms with van der Waals surface area (Å²) >= 11 is 0. The number of nitrogens with zero attached hydrogens (tertiary/aromatic N) is 1. The van der Waals surface area contributed by atoms with E-state index in [4.69, 9.17) is 0 Å². The first-order chi connectivity index (χ1) is 10.1. The van der Waals surface area contributed by atoms with Crippen molar-refractivity contribution in [2.24, 2.45) is 0 Å². The van der Waals surface area contributed by atoms with Gasteiger partial charge in [0.05, 0.1) is 5.69 Å². The molecule has 0 saturated heterocycles. The van der Waals surface area contributed by atoms with Crippen LogP contribution in [-0.4, -0.2) is 17.1 Å². The maximum Gasteiger partial charge on any atom is 0.387 e. The first-order valence-electron chi connectivity index (χ1n) is 6.05. The van der Waals surface area contributed by atoms with Gasteiger partial charge in [0.1, 0.15) is 12.3 Å². The van der Waals surface area contributed by atoms with Crippen molar-refractivity contribution in [1.82, 2.24) is 4.57 Å². The van der Waals surface area contributed by atoms with Crippen LogP contribution in [0.1, 0.15) is 0 Å². The highest BCUT2D eigenvalue weighted by Crippen LogP contribution is 2.25. The fourth-order valence-corrected chi connectivity index (χ4v) is 1.70. The lowest BCUT2D eigenvalue weighted by Gasteiger charge is -2.12. The Kier molecular flexibility index (Phi) is 4.65. The number of carbonyl (C=O) groups excluding carboxylic acids is 1. The molecule has 0 aliphatic carbocycles. The van der Waals surface area contributed by atoms with E-state index in [0.717, 1.165) is 0 Å². The predicted octanol–water partition coefficient (Wildman–Crippen LogP) is 2.09. The van der Waals surface area contributed by atoms with Crippen molar-refractivity contribution in [2.75, 3.05) is 5.32 Å². The van der Waals surface area contributed by atoms with Crippen molar-refractivity contribution in [2.45, 2.75) is 13.2 Å². The van der Waals surface area contributed by atoms with Gasteiger partial charge in [-0.15, -0.1) is 0 Å². The molecular formula is C14H12F2N2O3. The summed E-state index contributed by atoms with van der Waals surface area (Å²) in [6.45, 7) is -3.21. The Morgan fingerprint density at radius 2 is 1.90 bits per heavy atom. The van der Waals surface area contributed by atoms with Crippen LogP contribution in [-0.2, 0) is 11.3 Å². The van der Waals surface area contributed by atoms with E-state index in [1.165, 1.54) is 35.0 Å². The molecule has 2 rings (SSSR count). The number of amides is 1. The van der Waals surface area contributed by atoms with Crippen LogP contribution in [0.15, 0.2) is 53.5 Å². The monoisotopic (exact) mass is 294 g/mol. The molecule has 1 N–H and O–H groups in total. The van der Waals surface area contributed by atoms with Crippen LogP contribution in [0.2, 0.25) is 0 Å². The van der Waals surface area contributed by atoms with Crippen molar-refractivity contribution in [3.05, 3.63) is 59.0 Å². The highest BCUT2D eigenvalue weighted by molar-refractivity contribution is 5.92. The Morgan fingerprint density at radius 1 is 1.19 bits per heavy atom. The highest BCUT2D eigenvalue weighted by atomic mass is 19.3. The molecule has 110 valence electrons. The molecule has 7 heteroatoms.